The Morgan fingerprint density at radius 3 is 2.56 bits per heavy atom. The first-order valence-electron chi connectivity index (χ1n) is 4.91. The fraction of sp³-hybridized carbons (Fsp3) is 0.364. The number of hydrogen-bond acceptors (Lipinski definition) is 2. The van der Waals surface area contributed by atoms with E-state index in [0.29, 0.717) is 23.1 Å². The second-order valence-corrected chi connectivity index (χ2v) is 4.26. The van der Waals surface area contributed by atoms with Gasteiger partial charge in [-0.25, -0.2) is 0 Å². The molecule has 0 saturated heterocycles. The van der Waals surface area contributed by atoms with Crippen LogP contribution in [0, 0.1) is 0 Å². The van der Waals surface area contributed by atoms with Gasteiger partial charge in [0.1, 0.15) is 0 Å². The SMILES string of the molecule is CCN(CC(=O)O)Cc1ccc(Cl)c(Cl)c1. The van der Waals surface area contributed by atoms with Crippen LogP contribution in [-0.2, 0) is 11.3 Å². The van der Waals surface area contributed by atoms with Gasteiger partial charge in [-0.3, -0.25) is 9.69 Å². The van der Waals surface area contributed by atoms with E-state index in [1.807, 2.05) is 17.9 Å². The van der Waals surface area contributed by atoms with Crippen LogP contribution in [0.15, 0.2) is 18.2 Å². The summed E-state index contributed by atoms with van der Waals surface area (Å²) in [5.41, 5.74) is 0.956. The van der Waals surface area contributed by atoms with Crippen molar-refractivity contribution in [3.8, 4) is 0 Å². The van der Waals surface area contributed by atoms with E-state index >= 15 is 0 Å². The van der Waals surface area contributed by atoms with Gasteiger partial charge in [-0.2, -0.15) is 0 Å². The lowest BCUT2D eigenvalue weighted by Crippen LogP contribution is -2.29. The number of halogens is 2. The highest BCUT2D eigenvalue weighted by atomic mass is 35.5. The van der Waals surface area contributed by atoms with Gasteiger partial charge in [-0.05, 0) is 24.2 Å². The van der Waals surface area contributed by atoms with Gasteiger partial charge >= 0.3 is 5.97 Å². The van der Waals surface area contributed by atoms with E-state index in [1.54, 1.807) is 12.1 Å². The molecule has 1 rings (SSSR count). The molecule has 0 bridgehead atoms. The number of aliphatic carboxylic acids is 1. The lowest BCUT2D eigenvalue weighted by atomic mass is 10.2. The van der Waals surface area contributed by atoms with Crippen molar-refractivity contribution < 1.29 is 9.90 Å². The molecular weight excluding hydrogens is 249 g/mol. The molecule has 0 amide bonds. The Morgan fingerprint density at radius 1 is 1.38 bits per heavy atom. The Kier molecular flexibility index (Phi) is 5.06. The van der Waals surface area contributed by atoms with Gasteiger partial charge in [0, 0.05) is 6.54 Å². The summed E-state index contributed by atoms with van der Waals surface area (Å²) >= 11 is 11.7. The van der Waals surface area contributed by atoms with Gasteiger partial charge in [-0.1, -0.05) is 36.2 Å². The van der Waals surface area contributed by atoms with E-state index < -0.39 is 5.97 Å². The largest absolute Gasteiger partial charge is 0.480 e. The average Bonchev–Trinajstić information content (AvgIpc) is 2.22. The minimum Gasteiger partial charge on any atom is -0.480 e. The highest BCUT2D eigenvalue weighted by Crippen LogP contribution is 2.23. The zero-order valence-corrected chi connectivity index (χ0v) is 10.4. The van der Waals surface area contributed by atoms with E-state index in [0.717, 1.165) is 5.56 Å². The first-order chi connectivity index (χ1) is 7.52. The molecule has 0 atom stereocenters. The molecule has 3 nitrogen and oxygen atoms in total. The molecule has 0 aliphatic heterocycles. The van der Waals surface area contributed by atoms with E-state index in [2.05, 4.69) is 0 Å². The Hall–Kier alpha value is -0.770. The van der Waals surface area contributed by atoms with Crippen molar-refractivity contribution in [2.75, 3.05) is 13.1 Å². The summed E-state index contributed by atoms with van der Waals surface area (Å²) in [6, 6.07) is 5.32. The van der Waals surface area contributed by atoms with Gasteiger partial charge in [0.2, 0.25) is 0 Å². The summed E-state index contributed by atoms with van der Waals surface area (Å²) in [7, 11) is 0. The smallest absolute Gasteiger partial charge is 0.317 e. The van der Waals surface area contributed by atoms with E-state index in [9.17, 15) is 4.79 Å². The highest BCUT2D eigenvalue weighted by molar-refractivity contribution is 6.42. The van der Waals surface area contributed by atoms with Crippen LogP contribution >= 0.6 is 23.2 Å². The van der Waals surface area contributed by atoms with E-state index in [1.165, 1.54) is 0 Å². The van der Waals surface area contributed by atoms with Gasteiger partial charge in [0.15, 0.2) is 0 Å². The predicted octanol–water partition coefficient (Wildman–Crippen LogP) is 2.90. The number of carboxylic acid groups (broad SMARTS) is 1. The summed E-state index contributed by atoms with van der Waals surface area (Å²) in [5, 5.41) is 9.70. The number of rotatable bonds is 5. The van der Waals surface area contributed by atoms with Gasteiger partial charge in [0.25, 0.3) is 0 Å². The molecule has 1 N–H and O–H groups in total. The normalized spacial score (nSPS) is 10.8. The summed E-state index contributed by atoms with van der Waals surface area (Å²) in [4.78, 5) is 12.4. The van der Waals surface area contributed by atoms with Crippen LogP contribution in [0.25, 0.3) is 0 Å². The van der Waals surface area contributed by atoms with Gasteiger partial charge < -0.3 is 5.11 Å². The standard InChI is InChI=1S/C11H13Cl2NO2/c1-2-14(7-11(15)16)6-8-3-4-9(12)10(13)5-8/h3-5H,2,6-7H2,1H3,(H,15,16). The third kappa shape index (κ3) is 4.00. The third-order valence-electron chi connectivity index (χ3n) is 2.20. The average molecular weight is 262 g/mol. The number of nitrogens with zero attached hydrogens (tertiary/aromatic N) is 1. The molecule has 0 saturated carbocycles. The molecule has 1 aromatic rings. The highest BCUT2D eigenvalue weighted by Gasteiger charge is 2.09. The van der Waals surface area contributed by atoms with Crippen LogP contribution < -0.4 is 0 Å². The summed E-state index contributed by atoms with van der Waals surface area (Å²) in [6.07, 6.45) is 0. The summed E-state index contributed by atoms with van der Waals surface area (Å²) in [5.74, 6) is -0.832. The van der Waals surface area contributed by atoms with Crippen molar-refractivity contribution in [3.05, 3.63) is 33.8 Å². The topological polar surface area (TPSA) is 40.5 Å². The van der Waals surface area contributed by atoms with Crippen molar-refractivity contribution >= 4 is 29.2 Å². The molecule has 0 heterocycles. The molecule has 0 aliphatic carbocycles. The van der Waals surface area contributed by atoms with Crippen LogP contribution in [0.3, 0.4) is 0 Å². The summed E-state index contributed by atoms with van der Waals surface area (Å²) < 4.78 is 0. The van der Waals surface area contributed by atoms with Crippen LogP contribution in [0.5, 0.6) is 0 Å². The Balaban J connectivity index is 2.70. The molecule has 0 unspecified atom stereocenters. The second kappa shape index (κ2) is 6.09. The zero-order valence-electron chi connectivity index (χ0n) is 8.91. The van der Waals surface area contributed by atoms with Crippen molar-refractivity contribution in [3.63, 3.8) is 0 Å². The maximum Gasteiger partial charge on any atom is 0.317 e. The van der Waals surface area contributed by atoms with Crippen molar-refractivity contribution in [1.29, 1.82) is 0 Å². The summed E-state index contributed by atoms with van der Waals surface area (Å²) in [6.45, 7) is 3.17. The first kappa shape index (κ1) is 13.3. The number of benzene rings is 1. The van der Waals surface area contributed by atoms with Crippen molar-refractivity contribution in [1.82, 2.24) is 4.90 Å². The zero-order chi connectivity index (χ0) is 12.1. The fourth-order valence-electron chi connectivity index (χ4n) is 1.37. The molecule has 0 spiro atoms. The monoisotopic (exact) mass is 261 g/mol. The molecular formula is C11H13Cl2NO2. The van der Waals surface area contributed by atoms with E-state index in [-0.39, 0.29) is 6.54 Å². The number of hydrogen-bond donors (Lipinski definition) is 1. The molecule has 0 aliphatic rings. The number of carboxylic acids is 1. The third-order valence-corrected chi connectivity index (χ3v) is 2.94. The van der Waals surface area contributed by atoms with Crippen LogP contribution in [0.1, 0.15) is 12.5 Å². The molecule has 1 aromatic carbocycles. The molecule has 88 valence electrons. The lowest BCUT2D eigenvalue weighted by Gasteiger charge is -2.18. The minimum absolute atomic E-state index is 0.0245. The molecule has 0 fully saturated rings. The fourth-order valence-corrected chi connectivity index (χ4v) is 1.69. The maximum atomic E-state index is 10.6. The molecule has 5 heteroatoms. The first-order valence-corrected chi connectivity index (χ1v) is 5.66. The molecule has 16 heavy (non-hydrogen) atoms. The number of carbonyl (C=O) groups is 1. The Morgan fingerprint density at radius 2 is 2.06 bits per heavy atom. The van der Waals surface area contributed by atoms with Gasteiger partial charge in [-0.15, -0.1) is 0 Å². The quantitative estimate of drug-likeness (QED) is 0.886. The predicted molar refractivity (Wildman–Crippen MR) is 65.0 cm³/mol. The van der Waals surface area contributed by atoms with Crippen LogP contribution in [-0.4, -0.2) is 29.1 Å². The Labute approximate surface area is 105 Å². The number of likely N-dealkylation sites (N-methyl/N-ethyl adjacent to an activating group) is 1. The maximum absolute atomic E-state index is 10.6. The van der Waals surface area contributed by atoms with E-state index in [4.69, 9.17) is 28.3 Å². The van der Waals surface area contributed by atoms with Crippen LogP contribution in [0.2, 0.25) is 10.0 Å². The van der Waals surface area contributed by atoms with Crippen molar-refractivity contribution in [2.45, 2.75) is 13.5 Å². The molecule has 0 aromatic heterocycles. The molecule has 0 radical (unpaired) electrons. The van der Waals surface area contributed by atoms with Gasteiger partial charge in [0.05, 0.1) is 16.6 Å². The second-order valence-electron chi connectivity index (χ2n) is 3.45. The van der Waals surface area contributed by atoms with Crippen LogP contribution in [0.4, 0.5) is 0 Å². The van der Waals surface area contributed by atoms with Crippen molar-refractivity contribution in [2.24, 2.45) is 0 Å². The Bertz CT molecular complexity index is 382. The minimum atomic E-state index is -0.832. The lowest BCUT2D eigenvalue weighted by molar-refractivity contribution is -0.138.